The topological polar surface area (TPSA) is 64.6 Å². The number of hydrogen-bond acceptors (Lipinski definition) is 4. The molecule has 0 aliphatic rings. The number of ether oxygens (including phenoxy) is 2. The second-order valence-electron chi connectivity index (χ2n) is 5.95. The number of amides is 1. The van der Waals surface area contributed by atoms with Crippen molar-refractivity contribution < 1.29 is 23.5 Å². The zero-order chi connectivity index (χ0) is 19.9. The minimum Gasteiger partial charge on any atom is -0.493 e. The molecule has 0 saturated carbocycles. The predicted octanol–water partition coefficient (Wildman–Crippen LogP) is 4.48. The maximum Gasteiger partial charge on any atom is 0.255 e. The lowest BCUT2D eigenvalue weighted by Crippen LogP contribution is -2.13. The van der Waals surface area contributed by atoms with Crippen molar-refractivity contribution in [2.45, 2.75) is 6.61 Å². The summed E-state index contributed by atoms with van der Waals surface area (Å²) in [6.07, 6.45) is 0.581. The molecule has 0 saturated heterocycles. The SMILES string of the molecule is COc1ccc(C(=O)Nc2cc(C=O)ccc2F)cc1OCc1ccccc1. The van der Waals surface area contributed by atoms with Crippen LogP contribution in [0.15, 0.2) is 66.7 Å². The minimum atomic E-state index is -0.631. The summed E-state index contributed by atoms with van der Waals surface area (Å²) in [7, 11) is 1.50. The van der Waals surface area contributed by atoms with Crippen molar-refractivity contribution in [3.8, 4) is 11.5 Å². The molecular weight excluding hydrogens is 361 g/mol. The Balaban J connectivity index is 1.80. The number of anilines is 1. The first-order valence-electron chi connectivity index (χ1n) is 8.51. The molecule has 142 valence electrons. The number of benzene rings is 3. The molecule has 5 nitrogen and oxygen atoms in total. The summed E-state index contributed by atoms with van der Waals surface area (Å²) in [4.78, 5) is 23.4. The zero-order valence-electron chi connectivity index (χ0n) is 15.1. The van der Waals surface area contributed by atoms with Crippen molar-refractivity contribution in [3.63, 3.8) is 0 Å². The molecule has 0 unspecified atom stereocenters. The van der Waals surface area contributed by atoms with Crippen molar-refractivity contribution in [3.05, 3.63) is 89.2 Å². The van der Waals surface area contributed by atoms with Gasteiger partial charge in [0.15, 0.2) is 11.5 Å². The van der Waals surface area contributed by atoms with Crippen LogP contribution in [0.25, 0.3) is 0 Å². The van der Waals surface area contributed by atoms with Gasteiger partial charge >= 0.3 is 0 Å². The first-order valence-corrected chi connectivity index (χ1v) is 8.51. The van der Waals surface area contributed by atoms with Crippen LogP contribution in [0.2, 0.25) is 0 Å². The van der Waals surface area contributed by atoms with Gasteiger partial charge in [0.2, 0.25) is 0 Å². The number of halogens is 1. The van der Waals surface area contributed by atoms with Crippen LogP contribution in [0.1, 0.15) is 26.3 Å². The van der Waals surface area contributed by atoms with E-state index < -0.39 is 11.7 Å². The molecule has 0 aliphatic carbocycles. The number of rotatable bonds is 7. The highest BCUT2D eigenvalue weighted by Crippen LogP contribution is 2.29. The van der Waals surface area contributed by atoms with E-state index in [1.807, 2.05) is 30.3 Å². The van der Waals surface area contributed by atoms with Gasteiger partial charge in [0.05, 0.1) is 12.8 Å². The Morgan fingerprint density at radius 1 is 1.04 bits per heavy atom. The van der Waals surface area contributed by atoms with Crippen LogP contribution in [-0.2, 0) is 6.61 Å². The van der Waals surface area contributed by atoms with Crippen molar-refractivity contribution in [1.82, 2.24) is 0 Å². The molecule has 3 aromatic rings. The summed E-state index contributed by atoms with van der Waals surface area (Å²) < 4.78 is 25.0. The molecule has 3 aromatic carbocycles. The van der Waals surface area contributed by atoms with Crippen molar-refractivity contribution in [2.24, 2.45) is 0 Å². The molecule has 0 aliphatic heterocycles. The molecule has 0 radical (unpaired) electrons. The monoisotopic (exact) mass is 379 g/mol. The van der Waals surface area contributed by atoms with E-state index in [1.54, 1.807) is 12.1 Å². The van der Waals surface area contributed by atoms with Gasteiger partial charge in [-0.25, -0.2) is 4.39 Å². The Morgan fingerprint density at radius 3 is 2.54 bits per heavy atom. The van der Waals surface area contributed by atoms with Crippen molar-refractivity contribution in [1.29, 1.82) is 0 Å². The van der Waals surface area contributed by atoms with Crippen LogP contribution >= 0.6 is 0 Å². The van der Waals surface area contributed by atoms with E-state index in [0.717, 1.165) is 11.6 Å². The molecule has 1 amide bonds. The van der Waals surface area contributed by atoms with Crippen LogP contribution < -0.4 is 14.8 Å². The lowest BCUT2D eigenvalue weighted by molar-refractivity contribution is 0.102. The summed E-state index contributed by atoms with van der Waals surface area (Å²) in [6, 6.07) is 18.0. The quantitative estimate of drug-likeness (QED) is 0.615. The number of hydrogen-bond donors (Lipinski definition) is 1. The Morgan fingerprint density at radius 2 is 1.82 bits per heavy atom. The van der Waals surface area contributed by atoms with Gasteiger partial charge < -0.3 is 14.8 Å². The van der Waals surface area contributed by atoms with Gasteiger partial charge in [-0.05, 0) is 42.0 Å². The molecule has 0 heterocycles. The summed E-state index contributed by atoms with van der Waals surface area (Å²) >= 11 is 0. The Bertz CT molecular complexity index is 989. The average molecular weight is 379 g/mol. The maximum absolute atomic E-state index is 13.9. The van der Waals surface area contributed by atoms with Gasteiger partial charge in [-0.2, -0.15) is 0 Å². The summed E-state index contributed by atoms with van der Waals surface area (Å²) in [5, 5.41) is 2.47. The maximum atomic E-state index is 13.9. The summed E-state index contributed by atoms with van der Waals surface area (Å²) in [6.45, 7) is 0.304. The zero-order valence-corrected chi connectivity index (χ0v) is 15.1. The van der Waals surface area contributed by atoms with E-state index in [9.17, 15) is 14.0 Å². The number of aldehydes is 1. The molecule has 6 heteroatoms. The molecular formula is C22H18FNO4. The van der Waals surface area contributed by atoms with Crippen LogP contribution in [0.4, 0.5) is 10.1 Å². The fourth-order valence-electron chi connectivity index (χ4n) is 2.57. The van der Waals surface area contributed by atoms with Gasteiger partial charge in [0, 0.05) is 11.1 Å². The first kappa shape index (κ1) is 19.1. The average Bonchev–Trinajstić information content (AvgIpc) is 2.74. The number of methoxy groups -OCH3 is 1. The van der Waals surface area contributed by atoms with E-state index in [0.29, 0.717) is 24.4 Å². The van der Waals surface area contributed by atoms with Gasteiger partial charge in [0.25, 0.3) is 5.91 Å². The van der Waals surface area contributed by atoms with E-state index in [1.165, 1.54) is 25.3 Å². The van der Waals surface area contributed by atoms with E-state index in [4.69, 9.17) is 9.47 Å². The fourth-order valence-corrected chi connectivity index (χ4v) is 2.57. The summed E-state index contributed by atoms with van der Waals surface area (Å²) in [5.41, 5.74) is 1.42. The van der Waals surface area contributed by atoms with E-state index in [-0.39, 0.29) is 16.8 Å². The Kier molecular flexibility index (Phi) is 6.01. The van der Waals surface area contributed by atoms with Crippen molar-refractivity contribution in [2.75, 3.05) is 12.4 Å². The molecule has 0 spiro atoms. The van der Waals surface area contributed by atoms with Gasteiger partial charge in [-0.15, -0.1) is 0 Å². The highest BCUT2D eigenvalue weighted by atomic mass is 19.1. The van der Waals surface area contributed by atoms with E-state index in [2.05, 4.69) is 5.32 Å². The van der Waals surface area contributed by atoms with Gasteiger partial charge in [0.1, 0.15) is 18.7 Å². The smallest absolute Gasteiger partial charge is 0.255 e. The second-order valence-corrected chi connectivity index (χ2v) is 5.95. The van der Waals surface area contributed by atoms with Gasteiger partial charge in [-0.3, -0.25) is 9.59 Å². The third kappa shape index (κ3) is 4.54. The van der Waals surface area contributed by atoms with E-state index >= 15 is 0 Å². The standard InChI is InChI=1S/C22H18FNO4/c1-27-20-10-8-17(12-21(20)28-14-15-5-3-2-4-6-15)22(26)24-19-11-16(13-25)7-9-18(19)23/h2-13H,14H2,1H3,(H,24,26). The molecule has 0 aromatic heterocycles. The third-order valence-electron chi connectivity index (χ3n) is 4.04. The van der Waals surface area contributed by atoms with Crippen LogP contribution in [0, 0.1) is 5.82 Å². The molecule has 0 fully saturated rings. The number of carbonyl (C=O) groups excluding carboxylic acids is 2. The predicted molar refractivity (Wildman–Crippen MR) is 104 cm³/mol. The molecule has 3 rings (SSSR count). The van der Waals surface area contributed by atoms with Crippen LogP contribution in [-0.4, -0.2) is 19.3 Å². The van der Waals surface area contributed by atoms with Crippen LogP contribution in [0.3, 0.4) is 0 Å². The van der Waals surface area contributed by atoms with Crippen LogP contribution in [0.5, 0.6) is 11.5 Å². The number of carbonyl (C=O) groups is 2. The lowest BCUT2D eigenvalue weighted by atomic mass is 10.1. The Hall–Kier alpha value is -3.67. The highest BCUT2D eigenvalue weighted by molar-refractivity contribution is 6.05. The van der Waals surface area contributed by atoms with Crippen molar-refractivity contribution >= 4 is 17.9 Å². The number of nitrogens with one attached hydrogen (secondary N) is 1. The van der Waals surface area contributed by atoms with Gasteiger partial charge in [-0.1, -0.05) is 30.3 Å². The third-order valence-corrected chi connectivity index (χ3v) is 4.04. The largest absolute Gasteiger partial charge is 0.493 e. The fraction of sp³-hybridized carbons (Fsp3) is 0.0909. The minimum absolute atomic E-state index is 0.0721. The lowest BCUT2D eigenvalue weighted by Gasteiger charge is -2.13. The molecule has 1 N–H and O–H groups in total. The second kappa shape index (κ2) is 8.81. The molecule has 28 heavy (non-hydrogen) atoms. The molecule has 0 bridgehead atoms. The Labute approximate surface area is 161 Å². The normalized spacial score (nSPS) is 10.2. The summed E-state index contributed by atoms with van der Waals surface area (Å²) in [5.74, 6) is -0.301. The highest BCUT2D eigenvalue weighted by Gasteiger charge is 2.14. The first-order chi connectivity index (χ1) is 13.6. The molecule has 0 atom stereocenters.